The van der Waals surface area contributed by atoms with Gasteiger partial charge in [-0.3, -0.25) is 4.68 Å². The highest BCUT2D eigenvalue weighted by molar-refractivity contribution is 7.89. The van der Waals surface area contributed by atoms with Crippen molar-refractivity contribution in [1.29, 1.82) is 0 Å². The third kappa shape index (κ3) is 5.39. The molecule has 0 saturated heterocycles. The third-order valence-corrected chi connectivity index (χ3v) is 5.69. The van der Waals surface area contributed by atoms with Crippen LogP contribution in [0, 0.1) is 13.8 Å². The van der Waals surface area contributed by atoms with Crippen molar-refractivity contribution in [2.45, 2.75) is 38.4 Å². The normalized spacial score (nSPS) is 11.8. The standard InChI is InChI=1S/C20H21F2N3O3S/c1-14-10-15(2)25(24-14)13-17-7-5-6-16(11-17)12-23-29(26,27)19-9-4-3-8-18(19)28-20(21)22/h3-11,20,23H,12-13H2,1-2H3. The second-order valence-electron chi connectivity index (χ2n) is 6.55. The number of sulfonamides is 1. The summed E-state index contributed by atoms with van der Waals surface area (Å²) in [6.07, 6.45) is 0. The number of rotatable bonds is 8. The predicted octanol–water partition coefficient (Wildman–Crippen LogP) is 3.63. The molecule has 0 radical (unpaired) electrons. The summed E-state index contributed by atoms with van der Waals surface area (Å²) in [5.74, 6) is -0.395. The van der Waals surface area contributed by atoms with Crippen LogP contribution in [0.25, 0.3) is 0 Å². The lowest BCUT2D eigenvalue weighted by molar-refractivity contribution is -0.0517. The number of nitrogens with one attached hydrogen (secondary N) is 1. The molecular formula is C20H21F2N3O3S. The highest BCUT2D eigenvalue weighted by atomic mass is 32.2. The van der Waals surface area contributed by atoms with E-state index in [1.807, 2.05) is 42.8 Å². The first-order chi connectivity index (χ1) is 13.7. The molecule has 0 bridgehead atoms. The number of hydrogen-bond donors (Lipinski definition) is 1. The molecule has 0 aliphatic heterocycles. The lowest BCUT2D eigenvalue weighted by atomic mass is 10.1. The maximum atomic E-state index is 12.6. The van der Waals surface area contributed by atoms with Gasteiger partial charge in [-0.15, -0.1) is 0 Å². The fourth-order valence-electron chi connectivity index (χ4n) is 2.97. The number of para-hydroxylation sites is 1. The van der Waals surface area contributed by atoms with Crippen molar-refractivity contribution in [3.63, 3.8) is 0 Å². The zero-order valence-electron chi connectivity index (χ0n) is 16.0. The van der Waals surface area contributed by atoms with Crippen molar-refractivity contribution in [2.75, 3.05) is 0 Å². The topological polar surface area (TPSA) is 73.2 Å². The molecule has 0 aliphatic rings. The van der Waals surface area contributed by atoms with Crippen molar-refractivity contribution in [2.24, 2.45) is 0 Å². The Morgan fingerprint density at radius 2 is 1.79 bits per heavy atom. The number of benzene rings is 2. The number of nitrogens with zero attached hydrogens (tertiary/aromatic N) is 2. The molecule has 9 heteroatoms. The van der Waals surface area contributed by atoms with Crippen LogP contribution in [0.1, 0.15) is 22.5 Å². The minimum atomic E-state index is -4.04. The first kappa shape index (κ1) is 20.9. The molecule has 0 atom stereocenters. The summed E-state index contributed by atoms with van der Waals surface area (Å²) in [5, 5.41) is 4.42. The van der Waals surface area contributed by atoms with E-state index in [1.54, 1.807) is 6.07 Å². The van der Waals surface area contributed by atoms with Gasteiger partial charge in [0.2, 0.25) is 10.0 Å². The molecule has 3 aromatic rings. The first-order valence-electron chi connectivity index (χ1n) is 8.87. The SMILES string of the molecule is Cc1cc(C)n(Cc2cccc(CNS(=O)(=O)c3ccccc3OC(F)F)c2)n1. The van der Waals surface area contributed by atoms with Gasteiger partial charge < -0.3 is 4.74 Å². The molecule has 1 N–H and O–H groups in total. The molecule has 0 spiro atoms. The molecule has 0 amide bonds. The maximum Gasteiger partial charge on any atom is 0.387 e. The van der Waals surface area contributed by atoms with Crippen molar-refractivity contribution < 1.29 is 21.9 Å². The minimum Gasteiger partial charge on any atom is -0.433 e. The molecule has 0 unspecified atom stereocenters. The molecular weight excluding hydrogens is 400 g/mol. The fourth-order valence-corrected chi connectivity index (χ4v) is 4.12. The van der Waals surface area contributed by atoms with Gasteiger partial charge in [0.25, 0.3) is 0 Å². The van der Waals surface area contributed by atoms with E-state index in [4.69, 9.17) is 0 Å². The lowest BCUT2D eigenvalue weighted by Gasteiger charge is -2.12. The quantitative estimate of drug-likeness (QED) is 0.603. The van der Waals surface area contributed by atoms with E-state index in [1.165, 1.54) is 24.3 Å². The number of hydrogen-bond acceptors (Lipinski definition) is 4. The second kappa shape index (κ2) is 8.71. The van der Waals surface area contributed by atoms with E-state index in [9.17, 15) is 17.2 Å². The second-order valence-corrected chi connectivity index (χ2v) is 8.29. The molecule has 3 rings (SSSR count). The number of halogens is 2. The van der Waals surface area contributed by atoms with Crippen LogP contribution in [0.5, 0.6) is 5.75 Å². The highest BCUT2D eigenvalue weighted by Gasteiger charge is 2.21. The van der Waals surface area contributed by atoms with E-state index in [-0.39, 0.29) is 11.4 Å². The molecule has 1 aromatic heterocycles. The smallest absolute Gasteiger partial charge is 0.387 e. The van der Waals surface area contributed by atoms with Crippen LogP contribution in [0.2, 0.25) is 0 Å². The summed E-state index contributed by atoms with van der Waals surface area (Å²) < 4.78 is 58.9. The van der Waals surface area contributed by atoms with Crippen LogP contribution in [-0.4, -0.2) is 24.8 Å². The van der Waals surface area contributed by atoms with Gasteiger partial charge in [0.1, 0.15) is 10.6 Å². The Morgan fingerprint density at radius 3 is 2.48 bits per heavy atom. The van der Waals surface area contributed by atoms with Crippen LogP contribution in [-0.2, 0) is 23.1 Å². The van der Waals surface area contributed by atoms with Gasteiger partial charge in [-0.1, -0.05) is 36.4 Å². The average Bonchev–Trinajstić information content (AvgIpc) is 2.97. The molecule has 0 fully saturated rings. The zero-order chi connectivity index (χ0) is 21.0. The third-order valence-electron chi connectivity index (χ3n) is 4.25. The van der Waals surface area contributed by atoms with Gasteiger partial charge in [-0.25, -0.2) is 13.1 Å². The number of ether oxygens (including phenoxy) is 1. The Morgan fingerprint density at radius 1 is 1.07 bits per heavy atom. The summed E-state index contributed by atoms with van der Waals surface area (Å²) in [6, 6.07) is 14.7. The van der Waals surface area contributed by atoms with Crippen molar-refractivity contribution in [3.05, 3.63) is 77.1 Å². The van der Waals surface area contributed by atoms with Gasteiger partial charge in [0.05, 0.1) is 12.2 Å². The Labute approximate surface area is 168 Å². The summed E-state index contributed by atoms with van der Waals surface area (Å²) in [6.45, 7) is 1.35. The lowest BCUT2D eigenvalue weighted by Crippen LogP contribution is -2.24. The van der Waals surface area contributed by atoms with Crippen LogP contribution in [0.4, 0.5) is 8.78 Å². The summed E-state index contributed by atoms with van der Waals surface area (Å²) in [4.78, 5) is -0.334. The molecule has 0 aliphatic carbocycles. The monoisotopic (exact) mass is 421 g/mol. The Balaban J connectivity index is 1.74. The van der Waals surface area contributed by atoms with Gasteiger partial charge in [0.15, 0.2) is 0 Å². The Kier molecular flexibility index (Phi) is 6.29. The van der Waals surface area contributed by atoms with Crippen molar-refractivity contribution in [3.8, 4) is 5.75 Å². The highest BCUT2D eigenvalue weighted by Crippen LogP contribution is 2.25. The maximum absolute atomic E-state index is 12.6. The predicted molar refractivity (Wildman–Crippen MR) is 104 cm³/mol. The molecule has 6 nitrogen and oxygen atoms in total. The van der Waals surface area contributed by atoms with E-state index in [0.29, 0.717) is 6.54 Å². The fraction of sp³-hybridized carbons (Fsp3) is 0.250. The Hall–Kier alpha value is -2.78. The molecule has 0 saturated carbocycles. The van der Waals surface area contributed by atoms with E-state index in [2.05, 4.69) is 14.6 Å². The van der Waals surface area contributed by atoms with Gasteiger partial charge in [-0.05, 0) is 43.2 Å². The van der Waals surface area contributed by atoms with Crippen LogP contribution < -0.4 is 9.46 Å². The summed E-state index contributed by atoms with van der Waals surface area (Å²) >= 11 is 0. The van der Waals surface area contributed by atoms with Crippen molar-refractivity contribution >= 4 is 10.0 Å². The molecule has 1 heterocycles. The number of aromatic nitrogens is 2. The Bertz CT molecular complexity index is 1100. The first-order valence-corrected chi connectivity index (χ1v) is 10.4. The van der Waals surface area contributed by atoms with Crippen molar-refractivity contribution in [1.82, 2.24) is 14.5 Å². The van der Waals surface area contributed by atoms with Gasteiger partial charge in [-0.2, -0.15) is 13.9 Å². The van der Waals surface area contributed by atoms with Crippen LogP contribution >= 0.6 is 0 Å². The summed E-state index contributed by atoms with van der Waals surface area (Å²) in [5.41, 5.74) is 3.66. The average molecular weight is 421 g/mol. The van der Waals surface area contributed by atoms with E-state index >= 15 is 0 Å². The van der Waals surface area contributed by atoms with Crippen LogP contribution in [0.15, 0.2) is 59.5 Å². The van der Waals surface area contributed by atoms with Gasteiger partial charge >= 0.3 is 6.61 Å². The van der Waals surface area contributed by atoms with E-state index in [0.717, 1.165) is 22.5 Å². The largest absolute Gasteiger partial charge is 0.433 e. The number of alkyl halides is 2. The molecule has 154 valence electrons. The molecule has 2 aromatic carbocycles. The van der Waals surface area contributed by atoms with Crippen LogP contribution in [0.3, 0.4) is 0 Å². The number of aryl methyl sites for hydroxylation is 2. The van der Waals surface area contributed by atoms with E-state index < -0.39 is 22.4 Å². The zero-order valence-corrected chi connectivity index (χ0v) is 16.8. The van der Waals surface area contributed by atoms with Gasteiger partial charge in [0, 0.05) is 12.2 Å². The molecule has 29 heavy (non-hydrogen) atoms. The minimum absolute atomic E-state index is 0.0102. The summed E-state index contributed by atoms with van der Waals surface area (Å²) in [7, 11) is -4.04.